The number of aliphatic hydroxyl groups excluding tert-OH is 9. The van der Waals surface area contributed by atoms with Crippen molar-refractivity contribution in [2.45, 2.75) is 163 Å². The van der Waals surface area contributed by atoms with E-state index in [-0.39, 0.29) is 56.9 Å². The number of esters is 1. The largest absolute Gasteiger partial charge is 0.462 e. The Balaban J connectivity index is 1.88. The number of carbonyl (C=O) groups excluding carboxylic acids is 2. The van der Waals surface area contributed by atoms with E-state index in [2.05, 4.69) is 17.9 Å². The number of cyclic esters (lactones) is 1. The van der Waals surface area contributed by atoms with Crippen molar-refractivity contribution in [1.82, 2.24) is 5.32 Å². The molecule has 374 valence electrons. The molecule has 2 saturated heterocycles. The van der Waals surface area contributed by atoms with Gasteiger partial charge < -0.3 is 81.1 Å². The smallest absolute Gasteiger partial charge is 0.308 e. The van der Waals surface area contributed by atoms with Gasteiger partial charge in [0.2, 0.25) is 5.91 Å². The van der Waals surface area contributed by atoms with Crippen LogP contribution >= 0.6 is 12.6 Å². The van der Waals surface area contributed by atoms with Crippen LogP contribution in [0.15, 0.2) is 85.1 Å². The molecule has 66 heavy (non-hydrogen) atoms. The van der Waals surface area contributed by atoms with Crippen molar-refractivity contribution in [1.29, 1.82) is 0 Å². The molecule has 0 radical (unpaired) electrons. The van der Waals surface area contributed by atoms with E-state index in [1.807, 2.05) is 37.3 Å². The van der Waals surface area contributed by atoms with Crippen molar-refractivity contribution in [2.75, 3.05) is 18.9 Å². The molecule has 0 spiro atoms. The fourth-order valence-electron chi connectivity index (χ4n) is 7.81. The first kappa shape index (κ1) is 57.2. The molecule has 18 nitrogen and oxygen atoms in total. The zero-order chi connectivity index (χ0) is 48.8. The van der Waals surface area contributed by atoms with Crippen LogP contribution in [-0.4, -0.2) is 173 Å². The number of allylic oxidation sites excluding steroid dienone is 12. The maximum atomic E-state index is 13.5. The van der Waals surface area contributed by atoms with E-state index in [0.29, 0.717) is 0 Å². The van der Waals surface area contributed by atoms with Gasteiger partial charge in [-0.25, -0.2) is 0 Å². The summed E-state index contributed by atoms with van der Waals surface area (Å²) in [4.78, 5) is 26.0. The lowest BCUT2D eigenvalue weighted by molar-refractivity contribution is -0.304. The maximum absolute atomic E-state index is 13.5. The van der Waals surface area contributed by atoms with Crippen molar-refractivity contribution in [3.8, 4) is 0 Å². The minimum absolute atomic E-state index is 0.0891. The molecule has 0 aliphatic carbocycles. The zero-order valence-electron chi connectivity index (χ0n) is 37.8. The maximum Gasteiger partial charge on any atom is 0.308 e. The van der Waals surface area contributed by atoms with Gasteiger partial charge in [-0.05, 0) is 26.2 Å². The molecule has 17 atom stereocenters. The summed E-state index contributed by atoms with van der Waals surface area (Å²) in [6.07, 6.45) is 5.96. The second kappa shape index (κ2) is 29.7. The van der Waals surface area contributed by atoms with Crippen LogP contribution in [0.1, 0.15) is 71.6 Å². The summed E-state index contributed by atoms with van der Waals surface area (Å²) < 4.78 is 23.2. The minimum atomic E-state index is -2.25. The molecule has 0 aromatic rings. The Morgan fingerprint density at radius 2 is 1.35 bits per heavy atom. The Morgan fingerprint density at radius 1 is 0.742 bits per heavy atom. The van der Waals surface area contributed by atoms with Crippen molar-refractivity contribution >= 4 is 24.5 Å². The number of amides is 1. The first-order valence-corrected chi connectivity index (χ1v) is 23.3. The van der Waals surface area contributed by atoms with Crippen molar-refractivity contribution < 1.29 is 79.6 Å². The summed E-state index contributed by atoms with van der Waals surface area (Å²) in [7, 11) is 0. The molecule has 0 aromatic heterocycles. The number of thiol groups is 1. The van der Waals surface area contributed by atoms with Crippen LogP contribution in [-0.2, 0) is 28.5 Å². The van der Waals surface area contributed by atoms with E-state index >= 15 is 0 Å². The van der Waals surface area contributed by atoms with E-state index in [0.717, 1.165) is 0 Å². The lowest BCUT2D eigenvalue weighted by Gasteiger charge is -2.45. The van der Waals surface area contributed by atoms with Gasteiger partial charge in [-0.2, -0.15) is 12.6 Å². The van der Waals surface area contributed by atoms with Gasteiger partial charge in [0.25, 0.3) is 0 Å². The van der Waals surface area contributed by atoms with Crippen LogP contribution in [0.25, 0.3) is 0 Å². The summed E-state index contributed by atoms with van der Waals surface area (Å²) >= 11 is 4.15. The number of nitrogens with two attached hydrogens (primary N) is 1. The average molecular weight is 955 g/mol. The van der Waals surface area contributed by atoms with Crippen molar-refractivity contribution in [2.24, 2.45) is 17.6 Å². The van der Waals surface area contributed by atoms with E-state index in [1.54, 1.807) is 61.6 Å². The predicted octanol–water partition coefficient (Wildman–Crippen LogP) is 0.0386. The summed E-state index contributed by atoms with van der Waals surface area (Å²) in [5, 5.41) is 111. The van der Waals surface area contributed by atoms with Crippen molar-refractivity contribution in [3.05, 3.63) is 85.1 Å². The molecule has 3 aliphatic heterocycles. The number of hydrogen-bond acceptors (Lipinski definition) is 18. The van der Waals surface area contributed by atoms with Crippen molar-refractivity contribution in [3.63, 3.8) is 0 Å². The number of rotatable bonds is 5. The fourth-order valence-corrected chi connectivity index (χ4v) is 7.92. The molecule has 0 saturated carbocycles. The Morgan fingerprint density at radius 3 is 1.97 bits per heavy atom. The van der Waals surface area contributed by atoms with Crippen LogP contribution in [0.5, 0.6) is 0 Å². The van der Waals surface area contributed by atoms with E-state index in [1.165, 1.54) is 0 Å². The number of hydrogen-bond donors (Lipinski definition) is 13. The van der Waals surface area contributed by atoms with Crippen LogP contribution in [0.3, 0.4) is 0 Å². The Bertz CT molecular complexity index is 1660. The second-order valence-corrected chi connectivity index (χ2v) is 17.8. The Kier molecular flexibility index (Phi) is 25.8. The van der Waals surface area contributed by atoms with Gasteiger partial charge in [-0.3, -0.25) is 9.59 Å². The highest BCUT2D eigenvalue weighted by Gasteiger charge is 2.50. The van der Waals surface area contributed by atoms with Gasteiger partial charge in [0, 0.05) is 50.3 Å². The summed E-state index contributed by atoms with van der Waals surface area (Å²) in [6.45, 7) is 3.37. The molecule has 2 bridgehead atoms. The highest BCUT2D eigenvalue weighted by molar-refractivity contribution is 7.80. The number of nitrogens with one attached hydrogen (secondary N) is 1. The van der Waals surface area contributed by atoms with Crippen LogP contribution in [0.2, 0.25) is 0 Å². The standard InChI is InChI=1S/C47H74N2O16S/c1-29-15-13-11-9-7-5-3-4-6-8-10-12-14-16-34(64-46-44(59)43(48)39(57)28-62-46)25-40-42(45(60)49-19-20-66)38(56)27-47(61,65-40)26-33(52)23-37(55)35(53)18-17-31(50)22-32(51)24-41(58)63-30(2)21-36(29)54/h3-16,29-40,42-44,46,50-57,59,61,66H,17-28,48H2,1-2H3,(H,49,60)/b4-3+,7-5+,8-6+,11-9+,12-10+,15-13+,16-14+/t29-,30-,31?,32?,33?,34?,35?,36-,37+,38-,39+,40-,42?,43-,44-,46-,47?/m0/s1. The molecule has 3 rings (SSSR count). The SMILES string of the molecule is C[C@H]1C[C@H](O)[C@@H](C)/C=C/C=C/C=C/C=C/C=C/C=C/C=C/C(O[C@@H]2OC[C@@H](O)[C@H](N)[C@@H]2O)C[C@@H]2OC(O)(CC(O)C[C@@H](O)C(O)CCC(O)CC(O)CC(=O)O1)C[C@H](O)C2C(=O)NCCS. The highest BCUT2D eigenvalue weighted by Crippen LogP contribution is 2.38. The number of ether oxygens (including phenoxy) is 4. The van der Waals surface area contributed by atoms with E-state index < -0.39 is 135 Å². The molecule has 1 amide bonds. The molecule has 3 aliphatic rings. The normalized spacial score (nSPS) is 42.7. The minimum Gasteiger partial charge on any atom is -0.462 e. The molecule has 13 N–H and O–H groups in total. The summed E-state index contributed by atoms with van der Waals surface area (Å²) in [5.41, 5.74) is 5.99. The first-order chi connectivity index (χ1) is 31.3. The lowest BCUT2D eigenvalue weighted by atomic mass is 9.82. The van der Waals surface area contributed by atoms with Gasteiger partial charge in [-0.15, -0.1) is 0 Å². The number of fused-ring (bicyclic) bond motifs is 2. The molecule has 0 aromatic carbocycles. The number of aliphatic hydroxyl groups is 10. The summed E-state index contributed by atoms with van der Waals surface area (Å²) in [5.74, 6) is -4.81. The molecule has 2 fully saturated rings. The number of carbonyl (C=O) groups is 2. The van der Waals surface area contributed by atoms with E-state index in [4.69, 9.17) is 24.7 Å². The van der Waals surface area contributed by atoms with Crippen LogP contribution in [0.4, 0.5) is 0 Å². The Labute approximate surface area is 392 Å². The van der Waals surface area contributed by atoms with Gasteiger partial charge >= 0.3 is 5.97 Å². The fraction of sp³-hybridized carbons (Fsp3) is 0.660. The van der Waals surface area contributed by atoms with Gasteiger partial charge in [0.1, 0.15) is 12.2 Å². The topological polar surface area (TPSA) is 311 Å². The van der Waals surface area contributed by atoms with Gasteiger partial charge in [0.05, 0.1) is 86.0 Å². The third-order valence-electron chi connectivity index (χ3n) is 11.5. The first-order valence-electron chi connectivity index (χ1n) is 22.6. The molecular weight excluding hydrogens is 881 g/mol. The molecule has 3 heterocycles. The Hall–Kier alpha value is -3.09. The quantitative estimate of drug-likeness (QED) is 0.128. The molecular formula is C47H74N2O16S. The highest BCUT2D eigenvalue weighted by atomic mass is 32.1. The average Bonchev–Trinajstić information content (AvgIpc) is 3.23. The third kappa shape index (κ3) is 20.6. The monoisotopic (exact) mass is 954 g/mol. The lowest BCUT2D eigenvalue weighted by Crippen LogP contribution is -2.59. The van der Waals surface area contributed by atoms with Gasteiger partial charge in [0.15, 0.2) is 12.1 Å². The third-order valence-corrected chi connectivity index (χ3v) is 11.7. The molecule has 19 heteroatoms. The zero-order valence-corrected chi connectivity index (χ0v) is 38.6. The summed E-state index contributed by atoms with van der Waals surface area (Å²) in [6, 6.07) is -1.10. The van der Waals surface area contributed by atoms with E-state index in [9.17, 15) is 60.7 Å². The second-order valence-electron chi connectivity index (χ2n) is 17.4. The predicted molar refractivity (Wildman–Crippen MR) is 247 cm³/mol. The van der Waals surface area contributed by atoms with Crippen LogP contribution < -0.4 is 11.1 Å². The van der Waals surface area contributed by atoms with Crippen LogP contribution in [0, 0.1) is 11.8 Å². The van der Waals surface area contributed by atoms with Gasteiger partial charge in [-0.1, -0.05) is 92.0 Å². The molecule has 7 unspecified atom stereocenters.